The van der Waals surface area contributed by atoms with Crippen molar-refractivity contribution in [2.75, 3.05) is 11.4 Å². The predicted octanol–water partition coefficient (Wildman–Crippen LogP) is 3.23. The summed E-state index contributed by atoms with van der Waals surface area (Å²) in [5.74, 6) is -1.63. The third kappa shape index (κ3) is 3.80. The number of pyridine rings is 1. The van der Waals surface area contributed by atoms with E-state index in [0.717, 1.165) is 4.90 Å². The minimum Gasteiger partial charge on any atom is -0.480 e. The summed E-state index contributed by atoms with van der Waals surface area (Å²) in [6.45, 7) is -0.469. The number of anilines is 1. The van der Waals surface area contributed by atoms with Crippen LogP contribution in [0.5, 0.6) is 0 Å². The smallest absolute Gasteiger partial charge is 0.323 e. The number of carbonyl (C=O) groups excluding carboxylic acids is 1. The summed E-state index contributed by atoms with van der Waals surface area (Å²) in [5, 5.41) is 9.51. The molecule has 0 atom stereocenters. The molecule has 0 fully saturated rings. The van der Waals surface area contributed by atoms with Crippen molar-refractivity contribution in [2.24, 2.45) is 0 Å². The lowest BCUT2D eigenvalue weighted by molar-refractivity contribution is -0.135. The molecule has 1 aromatic carbocycles. The van der Waals surface area contributed by atoms with E-state index in [-0.39, 0.29) is 5.69 Å². The van der Waals surface area contributed by atoms with Crippen LogP contribution >= 0.6 is 27.5 Å². The molecule has 1 N–H and O–H groups in total. The Morgan fingerprint density at radius 1 is 1.24 bits per heavy atom. The number of carbonyl (C=O) groups is 2. The minimum absolute atomic E-state index is 0.147. The number of hydrogen-bond acceptors (Lipinski definition) is 3. The average molecular weight is 370 g/mol. The van der Waals surface area contributed by atoms with E-state index < -0.39 is 18.4 Å². The van der Waals surface area contributed by atoms with Crippen LogP contribution in [0.4, 0.5) is 5.69 Å². The van der Waals surface area contributed by atoms with Crippen molar-refractivity contribution in [3.8, 4) is 0 Å². The summed E-state index contributed by atoms with van der Waals surface area (Å²) < 4.78 is 0.499. The molecule has 1 heterocycles. The fraction of sp³-hybridized carbons (Fsp3) is 0.0714. The van der Waals surface area contributed by atoms with Crippen molar-refractivity contribution < 1.29 is 14.7 Å². The molecule has 0 aliphatic carbocycles. The van der Waals surface area contributed by atoms with Gasteiger partial charge >= 0.3 is 5.97 Å². The van der Waals surface area contributed by atoms with E-state index in [1.165, 1.54) is 6.20 Å². The molecule has 0 spiro atoms. The number of aliphatic carboxylic acids is 1. The fourth-order valence-corrected chi connectivity index (χ4v) is 2.26. The van der Waals surface area contributed by atoms with Crippen molar-refractivity contribution in [3.63, 3.8) is 0 Å². The zero-order valence-electron chi connectivity index (χ0n) is 10.7. The maximum absolute atomic E-state index is 12.5. The van der Waals surface area contributed by atoms with Crippen LogP contribution in [0.2, 0.25) is 5.02 Å². The van der Waals surface area contributed by atoms with Gasteiger partial charge < -0.3 is 5.11 Å². The summed E-state index contributed by atoms with van der Waals surface area (Å²) >= 11 is 9.04. The van der Waals surface area contributed by atoms with E-state index in [1.54, 1.807) is 36.4 Å². The summed E-state index contributed by atoms with van der Waals surface area (Å²) in [6, 6.07) is 9.69. The zero-order chi connectivity index (χ0) is 15.4. The lowest BCUT2D eigenvalue weighted by Gasteiger charge is -2.21. The van der Waals surface area contributed by atoms with E-state index in [0.29, 0.717) is 15.2 Å². The van der Waals surface area contributed by atoms with Crippen LogP contribution < -0.4 is 4.90 Å². The van der Waals surface area contributed by atoms with Crippen LogP contribution in [-0.4, -0.2) is 28.5 Å². The standard InChI is InChI=1S/C14H10BrClN2O3/c15-11-2-1-7-17-13(11)14(21)18(8-12(19)20)10-5-3-9(16)4-6-10/h1-7H,8H2,(H,19,20). The highest BCUT2D eigenvalue weighted by Crippen LogP contribution is 2.22. The van der Waals surface area contributed by atoms with Gasteiger partial charge in [0, 0.05) is 21.4 Å². The van der Waals surface area contributed by atoms with Gasteiger partial charge in [0.05, 0.1) is 0 Å². The van der Waals surface area contributed by atoms with Crippen LogP contribution in [0, 0.1) is 0 Å². The molecule has 0 saturated heterocycles. The Labute approximate surface area is 134 Å². The van der Waals surface area contributed by atoms with Gasteiger partial charge in [0.1, 0.15) is 12.2 Å². The highest BCUT2D eigenvalue weighted by atomic mass is 79.9. The van der Waals surface area contributed by atoms with Crippen molar-refractivity contribution in [3.05, 3.63) is 57.8 Å². The second kappa shape index (κ2) is 6.69. The Bertz CT molecular complexity index is 676. The van der Waals surface area contributed by atoms with Gasteiger partial charge in [-0.15, -0.1) is 0 Å². The molecule has 0 saturated carbocycles. The molecule has 0 aliphatic heterocycles. The van der Waals surface area contributed by atoms with Gasteiger partial charge in [0.25, 0.3) is 5.91 Å². The van der Waals surface area contributed by atoms with Crippen LogP contribution in [0.1, 0.15) is 10.5 Å². The van der Waals surface area contributed by atoms with E-state index in [2.05, 4.69) is 20.9 Å². The molecule has 108 valence electrons. The predicted molar refractivity (Wildman–Crippen MR) is 82.7 cm³/mol. The molecular weight excluding hydrogens is 360 g/mol. The first-order valence-electron chi connectivity index (χ1n) is 5.89. The monoisotopic (exact) mass is 368 g/mol. The van der Waals surface area contributed by atoms with Crippen LogP contribution in [0.15, 0.2) is 47.1 Å². The number of amides is 1. The number of nitrogens with zero attached hydrogens (tertiary/aromatic N) is 2. The molecule has 1 amide bonds. The third-order valence-electron chi connectivity index (χ3n) is 2.64. The Morgan fingerprint density at radius 2 is 1.90 bits per heavy atom. The molecule has 0 radical (unpaired) electrons. The second-order valence-electron chi connectivity index (χ2n) is 4.10. The van der Waals surface area contributed by atoms with Crippen LogP contribution in [0.3, 0.4) is 0 Å². The highest BCUT2D eigenvalue weighted by molar-refractivity contribution is 9.10. The van der Waals surface area contributed by atoms with Crippen molar-refractivity contribution in [1.29, 1.82) is 0 Å². The highest BCUT2D eigenvalue weighted by Gasteiger charge is 2.23. The molecule has 7 heteroatoms. The molecule has 0 unspecified atom stereocenters. The van der Waals surface area contributed by atoms with Crippen LogP contribution in [0.25, 0.3) is 0 Å². The molecule has 2 rings (SSSR count). The molecular formula is C14H10BrClN2O3. The van der Waals surface area contributed by atoms with Crippen molar-refractivity contribution >= 4 is 45.1 Å². The number of aromatic nitrogens is 1. The maximum Gasteiger partial charge on any atom is 0.323 e. The number of carboxylic acids is 1. The Hall–Kier alpha value is -1.92. The van der Waals surface area contributed by atoms with Gasteiger partial charge in [-0.1, -0.05) is 11.6 Å². The van der Waals surface area contributed by atoms with Gasteiger partial charge in [-0.05, 0) is 52.3 Å². The lowest BCUT2D eigenvalue weighted by Crippen LogP contribution is -2.36. The molecule has 1 aromatic heterocycles. The van der Waals surface area contributed by atoms with Crippen LogP contribution in [-0.2, 0) is 4.79 Å². The Kier molecular flexibility index (Phi) is 4.93. The number of rotatable bonds is 4. The first kappa shape index (κ1) is 15.5. The van der Waals surface area contributed by atoms with E-state index in [9.17, 15) is 9.59 Å². The van der Waals surface area contributed by atoms with Gasteiger partial charge in [0.2, 0.25) is 0 Å². The number of benzene rings is 1. The van der Waals surface area contributed by atoms with Gasteiger partial charge in [0.15, 0.2) is 0 Å². The molecule has 21 heavy (non-hydrogen) atoms. The normalized spacial score (nSPS) is 10.2. The number of hydrogen-bond donors (Lipinski definition) is 1. The van der Waals surface area contributed by atoms with E-state index in [1.807, 2.05) is 0 Å². The van der Waals surface area contributed by atoms with Gasteiger partial charge in [-0.25, -0.2) is 4.98 Å². The fourth-order valence-electron chi connectivity index (χ4n) is 1.71. The molecule has 5 nitrogen and oxygen atoms in total. The topological polar surface area (TPSA) is 70.5 Å². The first-order valence-corrected chi connectivity index (χ1v) is 7.06. The largest absolute Gasteiger partial charge is 0.480 e. The summed E-state index contributed by atoms with van der Waals surface area (Å²) in [6.07, 6.45) is 1.47. The van der Waals surface area contributed by atoms with Crippen molar-refractivity contribution in [1.82, 2.24) is 4.98 Å². The Morgan fingerprint density at radius 3 is 2.48 bits per heavy atom. The maximum atomic E-state index is 12.5. The number of carboxylic acid groups (broad SMARTS) is 1. The molecule has 0 bridgehead atoms. The summed E-state index contributed by atoms with van der Waals surface area (Å²) in [4.78, 5) is 28.7. The molecule has 0 aliphatic rings. The summed E-state index contributed by atoms with van der Waals surface area (Å²) in [5.41, 5.74) is 0.582. The quantitative estimate of drug-likeness (QED) is 0.898. The van der Waals surface area contributed by atoms with E-state index in [4.69, 9.17) is 16.7 Å². The zero-order valence-corrected chi connectivity index (χ0v) is 13.0. The third-order valence-corrected chi connectivity index (χ3v) is 3.53. The van der Waals surface area contributed by atoms with Gasteiger partial charge in [-0.2, -0.15) is 0 Å². The summed E-state index contributed by atoms with van der Waals surface area (Å²) in [7, 11) is 0. The SMILES string of the molecule is O=C(O)CN(C(=O)c1ncccc1Br)c1ccc(Cl)cc1. The average Bonchev–Trinajstić information content (AvgIpc) is 2.45. The van der Waals surface area contributed by atoms with Gasteiger partial charge in [-0.3, -0.25) is 14.5 Å². The van der Waals surface area contributed by atoms with E-state index >= 15 is 0 Å². The first-order chi connectivity index (χ1) is 9.99. The number of halogens is 2. The minimum atomic E-state index is -1.12. The van der Waals surface area contributed by atoms with Crippen molar-refractivity contribution in [2.45, 2.75) is 0 Å². The molecule has 2 aromatic rings. The second-order valence-corrected chi connectivity index (χ2v) is 5.39. The Balaban J connectivity index is 2.40. The lowest BCUT2D eigenvalue weighted by atomic mass is 10.2.